The highest BCUT2D eigenvalue weighted by atomic mass is 19.4. The van der Waals surface area contributed by atoms with Gasteiger partial charge in [-0.2, -0.15) is 13.2 Å². The fraction of sp³-hybridized carbons (Fsp3) is 0.588. The molecule has 0 unspecified atom stereocenters. The monoisotopic (exact) mass is 424 g/mol. The smallest absolute Gasteiger partial charge is 0.422 e. The molecule has 2 amide bonds. The molecule has 0 saturated carbocycles. The van der Waals surface area contributed by atoms with E-state index in [1.165, 1.54) is 20.8 Å². The summed E-state index contributed by atoms with van der Waals surface area (Å²) in [6.45, 7) is 1.48. The molecular formula is C17H21F5N4O3. The highest BCUT2D eigenvalue weighted by Crippen LogP contribution is 2.37. The molecule has 0 spiro atoms. The number of pyridine rings is 1. The number of nitrogens with two attached hydrogens (primary N) is 1. The third-order valence-corrected chi connectivity index (χ3v) is 4.72. The van der Waals surface area contributed by atoms with Crippen molar-refractivity contribution in [3.8, 4) is 5.75 Å². The van der Waals surface area contributed by atoms with Crippen molar-refractivity contribution in [1.82, 2.24) is 10.3 Å². The van der Waals surface area contributed by atoms with Gasteiger partial charge in [0, 0.05) is 12.1 Å². The highest BCUT2D eigenvalue weighted by Gasteiger charge is 2.45. The summed E-state index contributed by atoms with van der Waals surface area (Å²) in [6.07, 6.45) is -3.67. The summed E-state index contributed by atoms with van der Waals surface area (Å²) in [5.41, 5.74) is 3.80. The third-order valence-electron chi connectivity index (χ3n) is 4.72. The number of aromatic nitrogens is 1. The number of alkyl halides is 5. The molecule has 1 fully saturated rings. The van der Waals surface area contributed by atoms with Crippen molar-refractivity contribution in [2.24, 2.45) is 11.1 Å². The zero-order chi connectivity index (χ0) is 22.2. The van der Waals surface area contributed by atoms with Gasteiger partial charge in [0.2, 0.25) is 5.91 Å². The average Bonchev–Trinajstić information content (AvgIpc) is 2.56. The lowest BCUT2D eigenvalue weighted by molar-refractivity contribution is -0.153. The molecule has 3 N–H and O–H groups in total. The van der Waals surface area contributed by atoms with Gasteiger partial charge in [0.15, 0.2) is 6.61 Å². The van der Waals surface area contributed by atoms with E-state index in [2.05, 4.69) is 10.3 Å². The molecule has 1 saturated heterocycles. The molecule has 1 aromatic rings. The summed E-state index contributed by atoms with van der Waals surface area (Å²) in [6, 6.07) is 0.222. The van der Waals surface area contributed by atoms with Crippen LogP contribution >= 0.6 is 0 Å². The zero-order valence-electron chi connectivity index (χ0n) is 15.9. The number of ether oxygens (including phenoxy) is 1. The molecule has 1 atom stereocenters. The van der Waals surface area contributed by atoms with Gasteiger partial charge < -0.3 is 20.7 Å². The van der Waals surface area contributed by atoms with Crippen LogP contribution in [0.25, 0.3) is 0 Å². The van der Waals surface area contributed by atoms with Crippen LogP contribution in [0.15, 0.2) is 12.3 Å². The first-order valence-corrected chi connectivity index (χ1v) is 8.55. The molecule has 1 aliphatic heterocycles. The molecule has 0 aromatic carbocycles. The second-order valence-corrected chi connectivity index (χ2v) is 7.43. The molecule has 0 aliphatic carbocycles. The maximum absolute atomic E-state index is 13.1. The van der Waals surface area contributed by atoms with Crippen LogP contribution in [-0.4, -0.2) is 54.6 Å². The topological polar surface area (TPSA) is 97.6 Å². The Balaban J connectivity index is 2.24. The van der Waals surface area contributed by atoms with Crippen LogP contribution < -0.4 is 20.7 Å². The molecule has 2 heterocycles. The van der Waals surface area contributed by atoms with Crippen molar-refractivity contribution >= 4 is 17.5 Å². The van der Waals surface area contributed by atoms with E-state index >= 15 is 0 Å². The molecule has 1 aromatic heterocycles. The standard InChI is InChI=1S/C17H21F5N4O3/c1-9(15(2,3)14(23)28)25-13(27)10-4-12(29-8-17(20,21)22)11(5-24-10)26-6-16(18,19)7-26/h4-5,9H,6-8H2,1-3H3,(H2,23,28)(H,25,27)/t9-/m1/s1. The molecule has 12 heteroatoms. The number of nitrogens with one attached hydrogen (secondary N) is 1. The molecule has 0 bridgehead atoms. The van der Waals surface area contributed by atoms with Crippen LogP contribution in [0.2, 0.25) is 0 Å². The predicted octanol–water partition coefficient (Wildman–Crippen LogP) is 2.11. The summed E-state index contributed by atoms with van der Waals surface area (Å²) < 4.78 is 68.6. The molecule has 29 heavy (non-hydrogen) atoms. The van der Waals surface area contributed by atoms with Crippen LogP contribution in [0.1, 0.15) is 31.3 Å². The maximum atomic E-state index is 13.1. The average molecular weight is 424 g/mol. The third kappa shape index (κ3) is 5.45. The van der Waals surface area contributed by atoms with Crippen molar-refractivity contribution < 1.29 is 36.3 Å². The van der Waals surface area contributed by atoms with Crippen LogP contribution in [0.5, 0.6) is 5.75 Å². The van der Waals surface area contributed by atoms with E-state index in [1.807, 2.05) is 0 Å². The van der Waals surface area contributed by atoms with Crippen molar-refractivity contribution in [2.45, 2.75) is 38.9 Å². The van der Waals surface area contributed by atoms with E-state index < -0.39 is 60.8 Å². The van der Waals surface area contributed by atoms with E-state index in [4.69, 9.17) is 10.5 Å². The van der Waals surface area contributed by atoms with E-state index in [0.717, 1.165) is 17.2 Å². The highest BCUT2D eigenvalue weighted by molar-refractivity contribution is 5.94. The number of carbonyl (C=O) groups excluding carboxylic acids is 2. The quantitative estimate of drug-likeness (QED) is 0.654. The Morgan fingerprint density at radius 2 is 1.93 bits per heavy atom. The Morgan fingerprint density at radius 3 is 2.41 bits per heavy atom. The molecule has 2 rings (SSSR count). The number of halogens is 5. The number of rotatable bonds is 7. The van der Waals surface area contributed by atoms with E-state index in [-0.39, 0.29) is 11.4 Å². The van der Waals surface area contributed by atoms with Gasteiger partial charge in [0.25, 0.3) is 11.8 Å². The Labute approximate surface area is 163 Å². The van der Waals surface area contributed by atoms with Gasteiger partial charge in [-0.25, -0.2) is 13.8 Å². The molecule has 0 radical (unpaired) electrons. The van der Waals surface area contributed by atoms with Gasteiger partial charge >= 0.3 is 6.18 Å². The number of anilines is 1. The van der Waals surface area contributed by atoms with Crippen molar-refractivity contribution in [2.75, 3.05) is 24.6 Å². The van der Waals surface area contributed by atoms with Crippen molar-refractivity contribution in [3.63, 3.8) is 0 Å². The number of nitrogens with zero attached hydrogens (tertiary/aromatic N) is 2. The number of primary amides is 1. The summed E-state index contributed by atoms with van der Waals surface area (Å²) in [5, 5.41) is 2.49. The first kappa shape index (κ1) is 22.6. The number of carbonyl (C=O) groups is 2. The Hall–Kier alpha value is -2.66. The van der Waals surface area contributed by atoms with Gasteiger partial charge in [-0.1, -0.05) is 0 Å². The Morgan fingerprint density at radius 1 is 1.34 bits per heavy atom. The van der Waals surface area contributed by atoms with Crippen LogP contribution in [0, 0.1) is 5.41 Å². The van der Waals surface area contributed by atoms with Gasteiger partial charge in [-0.15, -0.1) is 0 Å². The zero-order valence-corrected chi connectivity index (χ0v) is 15.9. The lowest BCUT2D eigenvalue weighted by atomic mass is 9.84. The summed E-state index contributed by atoms with van der Waals surface area (Å²) in [5.74, 6) is -4.82. The molecule has 162 valence electrons. The normalized spacial score (nSPS) is 17.3. The summed E-state index contributed by atoms with van der Waals surface area (Å²) in [7, 11) is 0. The van der Waals surface area contributed by atoms with Crippen LogP contribution in [-0.2, 0) is 4.79 Å². The molecule has 7 nitrogen and oxygen atoms in total. The lowest BCUT2D eigenvalue weighted by Crippen LogP contribution is -2.56. The Kier molecular flexibility index (Phi) is 5.96. The van der Waals surface area contributed by atoms with E-state index in [0.29, 0.717) is 0 Å². The van der Waals surface area contributed by atoms with Crippen LogP contribution in [0.3, 0.4) is 0 Å². The lowest BCUT2D eigenvalue weighted by Gasteiger charge is -2.40. The van der Waals surface area contributed by atoms with Gasteiger partial charge in [0.1, 0.15) is 11.4 Å². The van der Waals surface area contributed by atoms with E-state index in [1.54, 1.807) is 0 Å². The molecular weight excluding hydrogens is 403 g/mol. The molecule has 1 aliphatic rings. The SMILES string of the molecule is C[C@@H](NC(=O)c1cc(OCC(F)(F)F)c(N2CC(F)(F)C2)cn1)C(C)(C)C(N)=O. The maximum Gasteiger partial charge on any atom is 0.422 e. The fourth-order valence-electron chi connectivity index (χ4n) is 2.41. The largest absolute Gasteiger partial charge is 0.482 e. The van der Waals surface area contributed by atoms with E-state index in [9.17, 15) is 31.5 Å². The minimum Gasteiger partial charge on any atom is -0.482 e. The first-order valence-electron chi connectivity index (χ1n) is 8.55. The minimum absolute atomic E-state index is 0.0813. The van der Waals surface area contributed by atoms with Gasteiger partial charge in [-0.3, -0.25) is 9.59 Å². The summed E-state index contributed by atoms with van der Waals surface area (Å²) in [4.78, 5) is 28.8. The predicted molar refractivity (Wildman–Crippen MR) is 92.9 cm³/mol. The van der Waals surface area contributed by atoms with Gasteiger partial charge in [0.05, 0.1) is 30.4 Å². The second kappa shape index (κ2) is 7.64. The number of hydrogen-bond acceptors (Lipinski definition) is 5. The number of amides is 2. The van der Waals surface area contributed by atoms with Crippen molar-refractivity contribution in [1.29, 1.82) is 0 Å². The van der Waals surface area contributed by atoms with Crippen molar-refractivity contribution in [3.05, 3.63) is 18.0 Å². The summed E-state index contributed by atoms with van der Waals surface area (Å²) >= 11 is 0. The minimum atomic E-state index is -4.66. The second-order valence-electron chi connectivity index (χ2n) is 7.43. The van der Waals surface area contributed by atoms with Crippen LogP contribution in [0.4, 0.5) is 27.6 Å². The fourth-order valence-corrected chi connectivity index (χ4v) is 2.41. The Bertz CT molecular complexity index is 790. The first-order chi connectivity index (χ1) is 13.1. The van der Waals surface area contributed by atoms with Gasteiger partial charge in [-0.05, 0) is 20.8 Å². The number of hydrogen-bond donors (Lipinski definition) is 2.